The van der Waals surface area contributed by atoms with Gasteiger partial charge in [0.15, 0.2) is 0 Å². The van der Waals surface area contributed by atoms with Crippen molar-refractivity contribution in [3.05, 3.63) is 13.3 Å². The Bertz CT molecular complexity index is 25.4. The van der Waals surface area contributed by atoms with Crippen LogP contribution in [0.5, 0.6) is 0 Å². The number of hydrogen-bond acceptors (Lipinski definition) is 0. The van der Waals surface area contributed by atoms with Crippen molar-refractivity contribution in [2.24, 2.45) is 5.92 Å². The summed E-state index contributed by atoms with van der Waals surface area (Å²) in [5, 5.41) is 0. The molecule has 0 amide bonds. The topological polar surface area (TPSA) is 0 Å². The summed E-state index contributed by atoms with van der Waals surface area (Å²) in [7, 11) is 0. The summed E-state index contributed by atoms with van der Waals surface area (Å²) in [5.41, 5.74) is 0. The minimum Gasteiger partial charge on any atom is -0.331 e. The van der Waals surface area contributed by atoms with Crippen LogP contribution >= 0.6 is 0 Å². The van der Waals surface area contributed by atoms with Crippen LogP contribution in [0.15, 0.2) is 0 Å². The molecule has 0 bridgehead atoms. The van der Waals surface area contributed by atoms with E-state index in [9.17, 15) is 0 Å². The van der Waals surface area contributed by atoms with Gasteiger partial charge in [0.1, 0.15) is 0 Å². The molecule has 7 heavy (non-hydrogen) atoms. The first-order valence-corrected chi connectivity index (χ1v) is 2.30. The van der Waals surface area contributed by atoms with Crippen molar-refractivity contribution in [3.8, 4) is 0 Å². The summed E-state index contributed by atoms with van der Waals surface area (Å²) >= 11 is 0. The average molecular weight is 142 g/mol. The summed E-state index contributed by atoms with van der Waals surface area (Å²) in [4.78, 5) is 0. The molecule has 0 aliphatic heterocycles. The smallest absolute Gasteiger partial charge is 0 e. The fourth-order valence-electron chi connectivity index (χ4n) is 0.372. The zero-order chi connectivity index (χ0) is 4.99. The Morgan fingerprint density at radius 1 is 1.71 bits per heavy atom. The number of hydrogen-bond donors (Lipinski definition) is 0. The Labute approximate surface area is 56.9 Å². The molecule has 0 aromatic heterocycles. The largest absolute Gasteiger partial charge is 0.331 e. The van der Waals surface area contributed by atoms with E-state index in [1.54, 1.807) is 0 Å². The van der Waals surface area contributed by atoms with Crippen LogP contribution in [0.3, 0.4) is 0 Å². The van der Waals surface area contributed by atoms with E-state index in [2.05, 4.69) is 6.42 Å². The van der Waals surface area contributed by atoms with E-state index in [0.717, 1.165) is 6.42 Å². The zero-order valence-corrected chi connectivity index (χ0v) is 5.81. The molecule has 45 valence electrons. The second-order valence-electron chi connectivity index (χ2n) is 1.62. The summed E-state index contributed by atoms with van der Waals surface area (Å²) in [6, 6.07) is 0. The SMILES string of the molecule is [CH]C(C)C[CH-]C.[Co]. The normalized spacial score (nSPS) is 8.57. The first-order valence-electron chi connectivity index (χ1n) is 2.30. The summed E-state index contributed by atoms with van der Waals surface area (Å²) < 4.78 is 0. The molecule has 0 rings (SSSR count). The first-order chi connectivity index (χ1) is 2.77. The van der Waals surface area contributed by atoms with Crippen LogP contribution in [-0.4, -0.2) is 0 Å². The van der Waals surface area contributed by atoms with E-state index in [0.29, 0.717) is 5.92 Å². The van der Waals surface area contributed by atoms with E-state index in [-0.39, 0.29) is 16.8 Å². The fourth-order valence-corrected chi connectivity index (χ4v) is 0.372. The maximum Gasteiger partial charge on any atom is 0 e. The van der Waals surface area contributed by atoms with Crippen molar-refractivity contribution in [2.45, 2.75) is 20.3 Å². The van der Waals surface area contributed by atoms with Gasteiger partial charge in [-0.25, -0.2) is 0 Å². The van der Waals surface area contributed by atoms with Gasteiger partial charge in [-0.3, -0.25) is 0 Å². The predicted molar refractivity (Wildman–Crippen MR) is 28.1 cm³/mol. The van der Waals surface area contributed by atoms with Crippen LogP contribution in [-0.2, 0) is 16.8 Å². The van der Waals surface area contributed by atoms with Gasteiger partial charge < -0.3 is 6.42 Å². The molecule has 0 aliphatic rings. The van der Waals surface area contributed by atoms with Crippen molar-refractivity contribution >= 4 is 0 Å². The predicted octanol–water partition coefficient (Wildman–Crippen LogP) is 1.95. The molecule has 0 saturated carbocycles. The third kappa shape index (κ3) is 10.7. The monoisotopic (exact) mass is 142 g/mol. The van der Waals surface area contributed by atoms with Crippen LogP contribution in [0.4, 0.5) is 0 Å². The molecule has 0 heterocycles. The molecule has 0 saturated heterocycles. The van der Waals surface area contributed by atoms with E-state index in [1.165, 1.54) is 0 Å². The number of rotatable bonds is 2. The Morgan fingerprint density at radius 3 is 2.14 bits per heavy atom. The quantitative estimate of drug-likeness (QED) is 0.517. The van der Waals surface area contributed by atoms with Crippen molar-refractivity contribution in [1.29, 1.82) is 0 Å². The molecule has 0 aromatic rings. The van der Waals surface area contributed by atoms with Crippen molar-refractivity contribution in [1.82, 2.24) is 0 Å². The maximum absolute atomic E-state index is 5.37. The fraction of sp³-hybridized carbons (Fsp3) is 0.667. The van der Waals surface area contributed by atoms with Gasteiger partial charge in [0, 0.05) is 16.8 Å². The molecule has 0 aliphatic carbocycles. The third-order valence-electron chi connectivity index (χ3n) is 0.607. The van der Waals surface area contributed by atoms with Gasteiger partial charge in [0.05, 0.1) is 0 Å². The van der Waals surface area contributed by atoms with Gasteiger partial charge in [-0.2, -0.15) is 13.3 Å². The second-order valence-corrected chi connectivity index (χ2v) is 1.62. The van der Waals surface area contributed by atoms with E-state index < -0.39 is 0 Å². The van der Waals surface area contributed by atoms with Gasteiger partial charge in [0.25, 0.3) is 0 Å². The summed E-state index contributed by atoms with van der Waals surface area (Å²) in [6.07, 6.45) is 3.10. The molecule has 0 aromatic carbocycles. The van der Waals surface area contributed by atoms with Gasteiger partial charge in [-0.05, 0) is 6.92 Å². The Hall–Kier alpha value is 0.506. The molecule has 1 atom stereocenters. The zero-order valence-electron chi connectivity index (χ0n) is 4.77. The molecule has 0 spiro atoms. The first kappa shape index (κ1) is 10.5. The van der Waals surface area contributed by atoms with Crippen LogP contribution in [0.25, 0.3) is 0 Å². The van der Waals surface area contributed by atoms with Gasteiger partial charge in [-0.1, -0.05) is 12.8 Å². The van der Waals surface area contributed by atoms with E-state index in [4.69, 9.17) is 6.92 Å². The molecular formula is C6H11Co-. The van der Waals surface area contributed by atoms with Gasteiger partial charge in [0.2, 0.25) is 0 Å². The Morgan fingerprint density at radius 2 is 2.14 bits per heavy atom. The average Bonchev–Trinajstić information content (AvgIpc) is 1.35. The third-order valence-corrected chi connectivity index (χ3v) is 0.607. The summed E-state index contributed by atoms with van der Waals surface area (Å²) in [5.74, 6) is 0.343. The van der Waals surface area contributed by atoms with Crippen LogP contribution in [0, 0.1) is 19.3 Å². The minimum atomic E-state index is 0. The Kier molecular flexibility index (Phi) is 9.74. The van der Waals surface area contributed by atoms with E-state index in [1.807, 2.05) is 13.8 Å². The van der Waals surface area contributed by atoms with Gasteiger partial charge in [-0.15, -0.1) is 0 Å². The van der Waals surface area contributed by atoms with Crippen LogP contribution in [0.2, 0.25) is 0 Å². The van der Waals surface area contributed by atoms with Gasteiger partial charge >= 0.3 is 0 Å². The maximum atomic E-state index is 5.37. The molecule has 1 unspecified atom stereocenters. The molecule has 0 nitrogen and oxygen atoms in total. The van der Waals surface area contributed by atoms with Crippen LogP contribution < -0.4 is 0 Å². The second kappa shape index (κ2) is 6.51. The van der Waals surface area contributed by atoms with Crippen molar-refractivity contribution in [2.75, 3.05) is 0 Å². The molecular weight excluding hydrogens is 131 g/mol. The minimum absolute atomic E-state index is 0. The van der Waals surface area contributed by atoms with Crippen molar-refractivity contribution < 1.29 is 16.8 Å². The Balaban J connectivity index is 0. The molecule has 3 radical (unpaired) electrons. The van der Waals surface area contributed by atoms with E-state index >= 15 is 0 Å². The molecule has 0 fully saturated rings. The van der Waals surface area contributed by atoms with Crippen molar-refractivity contribution in [3.63, 3.8) is 0 Å². The summed E-state index contributed by atoms with van der Waals surface area (Å²) in [6.45, 7) is 9.39. The van der Waals surface area contributed by atoms with Crippen LogP contribution in [0.1, 0.15) is 20.3 Å². The molecule has 0 N–H and O–H groups in total. The molecule has 1 heteroatoms. The standard InChI is InChI=1S/C6H11.Co/c1-4-5-6(2)3;/h2,4,6H,5H2,1,3H3;/q-1;.